The molecule has 0 aromatic heterocycles. The van der Waals surface area contributed by atoms with Crippen LogP contribution in [0.25, 0.3) is 0 Å². The molecule has 2 aliphatic rings. The summed E-state index contributed by atoms with van der Waals surface area (Å²) < 4.78 is 5.05. The predicted octanol–water partition coefficient (Wildman–Crippen LogP) is 2.51. The highest BCUT2D eigenvalue weighted by Gasteiger charge is 2.32. The van der Waals surface area contributed by atoms with Crippen molar-refractivity contribution in [1.29, 1.82) is 0 Å². The van der Waals surface area contributed by atoms with Crippen LogP contribution in [0.15, 0.2) is 18.2 Å². The molecule has 0 saturated carbocycles. The van der Waals surface area contributed by atoms with Gasteiger partial charge < -0.3 is 19.6 Å². The molecular weight excluding hydrogens is 332 g/mol. The maximum atomic E-state index is 12.7. The van der Waals surface area contributed by atoms with E-state index in [1.54, 1.807) is 17.0 Å². The Bertz CT molecular complexity index is 668. The highest BCUT2D eigenvalue weighted by molar-refractivity contribution is 5.97. The molecule has 2 heterocycles. The quantitative estimate of drug-likeness (QED) is 0.899. The third-order valence-corrected chi connectivity index (χ3v) is 5.54. The summed E-state index contributed by atoms with van der Waals surface area (Å²) in [5.74, 6) is 1.08. The molecule has 1 atom stereocenters. The van der Waals surface area contributed by atoms with E-state index < -0.39 is 0 Å². The van der Waals surface area contributed by atoms with E-state index in [1.165, 1.54) is 19.6 Å². The van der Waals surface area contributed by atoms with Crippen molar-refractivity contribution in [1.82, 2.24) is 9.80 Å². The lowest BCUT2D eigenvalue weighted by molar-refractivity contribution is -0.138. The molecule has 1 unspecified atom stereocenters. The van der Waals surface area contributed by atoms with Gasteiger partial charge in [-0.25, -0.2) is 0 Å². The average Bonchev–Trinajstić information content (AvgIpc) is 2.67. The number of rotatable bonds is 3. The van der Waals surface area contributed by atoms with Crippen LogP contribution in [0.4, 0.5) is 0 Å². The van der Waals surface area contributed by atoms with Crippen molar-refractivity contribution in [2.45, 2.75) is 32.6 Å². The number of phenolic OH excluding ortho intramolecular Hbond substituents is 1. The monoisotopic (exact) mass is 360 g/mol. The number of ether oxygens (including phenoxy) is 1. The van der Waals surface area contributed by atoms with E-state index in [1.807, 2.05) is 4.90 Å². The standard InChI is InChI=1S/C20H28N2O4/c1-14-4-3-9-22(13-14)19(24)15-7-10-21(11-8-15)20(25)17-6-5-16(26-2)12-18(17)23/h5-6,12,14-15,23H,3-4,7-11,13H2,1-2H3. The Morgan fingerprint density at radius 3 is 2.46 bits per heavy atom. The molecule has 0 spiro atoms. The summed E-state index contributed by atoms with van der Waals surface area (Å²) in [5.41, 5.74) is 0.278. The van der Waals surface area contributed by atoms with E-state index in [9.17, 15) is 14.7 Å². The van der Waals surface area contributed by atoms with Crippen LogP contribution in [0.5, 0.6) is 11.5 Å². The number of carbonyl (C=O) groups excluding carboxylic acids is 2. The second kappa shape index (κ2) is 7.98. The van der Waals surface area contributed by atoms with Crippen molar-refractivity contribution >= 4 is 11.8 Å². The number of methoxy groups -OCH3 is 1. The molecule has 2 saturated heterocycles. The Kier molecular flexibility index (Phi) is 5.69. The van der Waals surface area contributed by atoms with Crippen LogP contribution < -0.4 is 4.74 Å². The topological polar surface area (TPSA) is 70.1 Å². The molecule has 2 fully saturated rings. The molecule has 6 nitrogen and oxygen atoms in total. The molecule has 0 bridgehead atoms. The zero-order chi connectivity index (χ0) is 18.7. The van der Waals surface area contributed by atoms with Crippen molar-refractivity contribution in [3.63, 3.8) is 0 Å². The number of phenols is 1. The van der Waals surface area contributed by atoms with E-state index in [0.29, 0.717) is 37.6 Å². The van der Waals surface area contributed by atoms with Gasteiger partial charge in [0.05, 0.1) is 12.7 Å². The van der Waals surface area contributed by atoms with Gasteiger partial charge in [-0.1, -0.05) is 6.92 Å². The Morgan fingerprint density at radius 1 is 1.12 bits per heavy atom. The van der Waals surface area contributed by atoms with Crippen LogP contribution in [0.2, 0.25) is 0 Å². The second-order valence-corrected chi connectivity index (χ2v) is 7.48. The van der Waals surface area contributed by atoms with E-state index in [4.69, 9.17) is 4.74 Å². The maximum absolute atomic E-state index is 12.7. The lowest BCUT2D eigenvalue weighted by atomic mass is 9.92. The van der Waals surface area contributed by atoms with Gasteiger partial charge in [0, 0.05) is 38.2 Å². The first-order valence-electron chi connectivity index (χ1n) is 9.44. The van der Waals surface area contributed by atoms with Gasteiger partial charge in [-0.3, -0.25) is 9.59 Å². The molecule has 142 valence electrons. The molecule has 2 amide bonds. The predicted molar refractivity (Wildman–Crippen MR) is 98.3 cm³/mol. The minimum absolute atomic E-state index is 0.00816. The van der Waals surface area contributed by atoms with Gasteiger partial charge in [0.1, 0.15) is 11.5 Å². The fraction of sp³-hybridized carbons (Fsp3) is 0.600. The SMILES string of the molecule is COc1ccc(C(=O)N2CCC(C(=O)N3CCCC(C)C3)CC2)c(O)c1. The molecule has 2 aliphatic heterocycles. The fourth-order valence-corrected chi connectivity index (χ4v) is 3.97. The summed E-state index contributed by atoms with van der Waals surface area (Å²) in [7, 11) is 1.52. The van der Waals surface area contributed by atoms with E-state index >= 15 is 0 Å². The average molecular weight is 360 g/mol. The number of benzene rings is 1. The molecule has 0 aliphatic carbocycles. The van der Waals surface area contributed by atoms with Crippen molar-refractivity contribution in [2.24, 2.45) is 11.8 Å². The van der Waals surface area contributed by atoms with Crippen LogP contribution in [0.1, 0.15) is 43.0 Å². The third kappa shape index (κ3) is 3.94. The number of amides is 2. The van der Waals surface area contributed by atoms with Crippen LogP contribution in [-0.4, -0.2) is 60.0 Å². The molecule has 6 heteroatoms. The minimum Gasteiger partial charge on any atom is -0.507 e. The lowest BCUT2D eigenvalue weighted by Crippen LogP contribution is -2.47. The van der Waals surface area contributed by atoms with Crippen molar-refractivity contribution in [3.05, 3.63) is 23.8 Å². The van der Waals surface area contributed by atoms with E-state index in [0.717, 1.165) is 19.5 Å². The van der Waals surface area contributed by atoms with Crippen LogP contribution in [-0.2, 0) is 4.79 Å². The molecule has 1 N–H and O–H groups in total. The summed E-state index contributed by atoms with van der Waals surface area (Å²) in [5, 5.41) is 10.1. The van der Waals surface area contributed by atoms with Crippen LogP contribution >= 0.6 is 0 Å². The van der Waals surface area contributed by atoms with Crippen molar-refractivity contribution in [2.75, 3.05) is 33.3 Å². The number of carbonyl (C=O) groups is 2. The smallest absolute Gasteiger partial charge is 0.257 e. The maximum Gasteiger partial charge on any atom is 0.257 e. The number of hydrogen-bond donors (Lipinski definition) is 1. The summed E-state index contributed by atoms with van der Waals surface area (Å²) in [6.45, 7) is 5.01. The summed E-state index contributed by atoms with van der Waals surface area (Å²) >= 11 is 0. The second-order valence-electron chi connectivity index (χ2n) is 7.48. The van der Waals surface area contributed by atoms with Crippen molar-refractivity contribution < 1.29 is 19.4 Å². The molecular formula is C20H28N2O4. The Morgan fingerprint density at radius 2 is 1.85 bits per heavy atom. The highest BCUT2D eigenvalue weighted by Crippen LogP contribution is 2.28. The summed E-state index contributed by atoms with van der Waals surface area (Å²) in [6, 6.07) is 4.70. The minimum atomic E-state index is -0.192. The zero-order valence-electron chi connectivity index (χ0n) is 15.6. The molecule has 26 heavy (non-hydrogen) atoms. The van der Waals surface area contributed by atoms with E-state index in [-0.39, 0.29) is 29.0 Å². The molecule has 1 aromatic carbocycles. The first-order chi connectivity index (χ1) is 12.5. The normalized spacial score (nSPS) is 21.5. The number of piperidine rings is 2. The first-order valence-corrected chi connectivity index (χ1v) is 9.44. The van der Waals surface area contributed by atoms with Gasteiger partial charge >= 0.3 is 0 Å². The van der Waals surface area contributed by atoms with Gasteiger partial charge in [-0.2, -0.15) is 0 Å². The Hall–Kier alpha value is -2.24. The number of likely N-dealkylation sites (tertiary alicyclic amines) is 2. The number of aromatic hydroxyl groups is 1. The van der Waals surface area contributed by atoms with Gasteiger partial charge in [0.25, 0.3) is 5.91 Å². The van der Waals surface area contributed by atoms with Gasteiger partial charge in [0.2, 0.25) is 5.91 Å². The highest BCUT2D eigenvalue weighted by atomic mass is 16.5. The summed E-state index contributed by atoms with van der Waals surface area (Å²) in [6.07, 6.45) is 3.65. The van der Waals surface area contributed by atoms with Crippen LogP contribution in [0, 0.1) is 11.8 Å². The third-order valence-electron chi connectivity index (χ3n) is 5.54. The van der Waals surface area contributed by atoms with E-state index in [2.05, 4.69) is 6.92 Å². The van der Waals surface area contributed by atoms with Gasteiger partial charge in [-0.15, -0.1) is 0 Å². The molecule has 3 rings (SSSR count). The first kappa shape index (κ1) is 18.5. The fourth-order valence-electron chi connectivity index (χ4n) is 3.97. The number of hydrogen-bond acceptors (Lipinski definition) is 4. The largest absolute Gasteiger partial charge is 0.507 e. The Balaban J connectivity index is 1.58. The zero-order valence-corrected chi connectivity index (χ0v) is 15.6. The lowest BCUT2D eigenvalue weighted by Gasteiger charge is -2.37. The molecule has 0 radical (unpaired) electrons. The van der Waals surface area contributed by atoms with Gasteiger partial charge in [-0.05, 0) is 43.7 Å². The van der Waals surface area contributed by atoms with Crippen molar-refractivity contribution in [3.8, 4) is 11.5 Å². The Labute approximate surface area is 154 Å². The molecule has 1 aromatic rings. The van der Waals surface area contributed by atoms with Crippen LogP contribution in [0.3, 0.4) is 0 Å². The van der Waals surface area contributed by atoms with Gasteiger partial charge in [0.15, 0.2) is 0 Å². The summed E-state index contributed by atoms with van der Waals surface area (Å²) in [4.78, 5) is 29.1. The number of nitrogens with zero attached hydrogens (tertiary/aromatic N) is 2.